The van der Waals surface area contributed by atoms with Gasteiger partial charge in [-0.15, -0.1) is 0 Å². The molecule has 0 spiro atoms. The minimum absolute atomic E-state index is 0.0973. The lowest BCUT2D eigenvalue weighted by Crippen LogP contribution is -2.23. The van der Waals surface area contributed by atoms with E-state index in [9.17, 15) is 14.9 Å². The Bertz CT molecular complexity index is 582. The topological polar surface area (TPSA) is 92.5 Å². The molecule has 6 nitrogen and oxygen atoms in total. The predicted molar refractivity (Wildman–Crippen MR) is 90.9 cm³/mol. The third kappa shape index (κ3) is 5.54. The number of rotatable bonds is 9. The number of carboxylic acid groups (broad SMARTS) is 1. The van der Waals surface area contributed by atoms with Crippen LogP contribution in [-0.2, 0) is 4.79 Å². The van der Waals surface area contributed by atoms with Gasteiger partial charge >= 0.3 is 5.97 Å². The Hall–Kier alpha value is -2.11. The highest BCUT2D eigenvalue weighted by Gasteiger charge is 2.25. The molecule has 0 fully saturated rings. The lowest BCUT2D eigenvalue weighted by atomic mass is 9.87. The van der Waals surface area contributed by atoms with Gasteiger partial charge < -0.3 is 10.4 Å². The van der Waals surface area contributed by atoms with Crippen LogP contribution in [0.4, 0.5) is 11.4 Å². The zero-order chi connectivity index (χ0) is 17.6. The summed E-state index contributed by atoms with van der Waals surface area (Å²) in [6.07, 6.45) is 3.20. The van der Waals surface area contributed by atoms with Gasteiger partial charge in [0.15, 0.2) is 0 Å². The second-order valence-corrected chi connectivity index (χ2v) is 6.64. The van der Waals surface area contributed by atoms with Gasteiger partial charge in [-0.1, -0.05) is 12.8 Å². The van der Waals surface area contributed by atoms with E-state index in [4.69, 9.17) is 5.11 Å². The Balaban J connectivity index is 2.46. The lowest BCUT2D eigenvalue weighted by Gasteiger charge is -2.18. The lowest BCUT2D eigenvalue weighted by molar-refractivity contribution is -0.384. The second kappa shape index (κ2) is 7.94. The highest BCUT2D eigenvalue weighted by atomic mass is 16.6. The van der Waals surface area contributed by atoms with Crippen molar-refractivity contribution < 1.29 is 14.8 Å². The fourth-order valence-electron chi connectivity index (χ4n) is 2.29. The van der Waals surface area contributed by atoms with Crippen molar-refractivity contribution in [3.05, 3.63) is 33.4 Å². The SMILES string of the molecule is Cc1cc(NCCCCCC(C)(C)C(=O)O)c([N+](=O)[O-])cc1C. The zero-order valence-electron chi connectivity index (χ0n) is 14.3. The molecular weight excluding hydrogens is 296 g/mol. The fraction of sp³-hybridized carbons (Fsp3) is 0.588. The van der Waals surface area contributed by atoms with E-state index in [0.717, 1.165) is 30.4 Å². The van der Waals surface area contributed by atoms with E-state index >= 15 is 0 Å². The number of carbonyl (C=O) groups is 1. The smallest absolute Gasteiger partial charge is 0.309 e. The maximum Gasteiger partial charge on any atom is 0.309 e. The monoisotopic (exact) mass is 322 g/mol. The first kappa shape index (κ1) is 18.9. The number of aliphatic carboxylic acids is 1. The van der Waals surface area contributed by atoms with Crippen molar-refractivity contribution in [3.63, 3.8) is 0 Å². The molecule has 1 rings (SSSR count). The number of hydrogen-bond donors (Lipinski definition) is 2. The van der Waals surface area contributed by atoms with Crippen molar-refractivity contribution in [2.75, 3.05) is 11.9 Å². The predicted octanol–water partition coefficient (Wildman–Crippen LogP) is 4.29. The van der Waals surface area contributed by atoms with Crippen LogP contribution < -0.4 is 5.32 Å². The van der Waals surface area contributed by atoms with E-state index in [2.05, 4.69) is 5.32 Å². The van der Waals surface area contributed by atoms with Gasteiger partial charge in [-0.2, -0.15) is 0 Å². The highest BCUT2D eigenvalue weighted by Crippen LogP contribution is 2.28. The molecule has 0 amide bonds. The average molecular weight is 322 g/mol. The molecule has 128 valence electrons. The molecule has 0 unspecified atom stereocenters. The van der Waals surface area contributed by atoms with E-state index < -0.39 is 11.4 Å². The molecule has 0 aromatic heterocycles. The molecule has 0 aliphatic carbocycles. The second-order valence-electron chi connectivity index (χ2n) is 6.64. The molecular formula is C17H26N2O4. The maximum atomic E-state index is 11.1. The molecule has 0 heterocycles. The largest absolute Gasteiger partial charge is 0.481 e. The van der Waals surface area contributed by atoms with Gasteiger partial charge in [-0.25, -0.2) is 0 Å². The van der Waals surface area contributed by atoms with Crippen LogP contribution in [0.25, 0.3) is 0 Å². The summed E-state index contributed by atoms with van der Waals surface area (Å²) in [5, 5.41) is 23.3. The van der Waals surface area contributed by atoms with E-state index in [1.807, 2.05) is 13.8 Å². The first-order valence-electron chi connectivity index (χ1n) is 7.88. The third-order valence-electron chi connectivity index (χ3n) is 4.18. The fourth-order valence-corrected chi connectivity index (χ4v) is 2.29. The summed E-state index contributed by atoms with van der Waals surface area (Å²) in [6, 6.07) is 3.40. The summed E-state index contributed by atoms with van der Waals surface area (Å²) in [6.45, 7) is 7.88. The summed E-state index contributed by atoms with van der Waals surface area (Å²) in [5.41, 5.74) is 1.86. The van der Waals surface area contributed by atoms with Gasteiger partial charge in [0.25, 0.3) is 5.69 Å². The van der Waals surface area contributed by atoms with Gasteiger partial charge in [-0.3, -0.25) is 14.9 Å². The molecule has 6 heteroatoms. The first-order chi connectivity index (χ1) is 10.6. The number of nitro groups is 1. The maximum absolute atomic E-state index is 11.1. The number of nitrogens with zero attached hydrogens (tertiary/aromatic N) is 1. The molecule has 0 saturated heterocycles. The summed E-state index contributed by atoms with van der Waals surface area (Å²) in [4.78, 5) is 21.7. The Morgan fingerprint density at radius 3 is 2.39 bits per heavy atom. The number of anilines is 1. The Kier molecular flexibility index (Phi) is 6.54. The van der Waals surface area contributed by atoms with Crippen molar-refractivity contribution >= 4 is 17.3 Å². The van der Waals surface area contributed by atoms with Gasteiger partial charge in [0.05, 0.1) is 10.3 Å². The van der Waals surface area contributed by atoms with Crippen LogP contribution in [0, 0.1) is 29.4 Å². The van der Waals surface area contributed by atoms with Crippen molar-refractivity contribution in [3.8, 4) is 0 Å². The molecule has 2 N–H and O–H groups in total. The van der Waals surface area contributed by atoms with E-state index in [0.29, 0.717) is 18.7 Å². The third-order valence-corrected chi connectivity index (χ3v) is 4.18. The van der Waals surface area contributed by atoms with Gasteiger partial charge in [-0.05, 0) is 57.7 Å². The van der Waals surface area contributed by atoms with Gasteiger partial charge in [0.2, 0.25) is 0 Å². The van der Waals surface area contributed by atoms with Gasteiger partial charge in [0.1, 0.15) is 5.69 Å². The molecule has 0 aliphatic rings. The molecule has 0 radical (unpaired) electrons. The molecule has 1 aromatic rings. The number of aryl methyl sites for hydroxylation is 2. The summed E-state index contributed by atoms with van der Waals surface area (Å²) in [7, 11) is 0. The van der Waals surface area contributed by atoms with Gasteiger partial charge in [0, 0.05) is 12.6 Å². The van der Waals surface area contributed by atoms with E-state index in [1.165, 1.54) is 0 Å². The first-order valence-corrected chi connectivity index (χ1v) is 7.88. The summed E-state index contributed by atoms with van der Waals surface area (Å²) < 4.78 is 0. The Labute approximate surface area is 137 Å². The van der Waals surface area contributed by atoms with Crippen molar-refractivity contribution in [1.82, 2.24) is 0 Å². The molecule has 23 heavy (non-hydrogen) atoms. The number of benzene rings is 1. The Morgan fingerprint density at radius 2 is 1.83 bits per heavy atom. The quantitative estimate of drug-likeness (QED) is 0.402. The standard InChI is InChI=1S/C17H26N2O4/c1-12-10-14(15(19(22)23)11-13(12)2)18-9-7-5-6-8-17(3,4)16(20)21/h10-11,18H,5-9H2,1-4H3,(H,20,21). The van der Waals surface area contributed by atoms with Crippen LogP contribution in [0.1, 0.15) is 50.7 Å². The number of nitro benzene ring substituents is 1. The zero-order valence-corrected chi connectivity index (χ0v) is 14.3. The number of unbranched alkanes of at least 4 members (excludes halogenated alkanes) is 2. The van der Waals surface area contributed by atoms with E-state index in [1.54, 1.807) is 26.0 Å². The molecule has 0 atom stereocenters. The van der Waals surface area contributed by atoms with Crippen molar-refractivity contribution in [2.45, 2.75) is 53.4 Å². The van der Waals surface area contributed by atoms with Crippen molar-refractivity contribution in [2.24, 2.45) is 5.41 Å². The highest BCUT2D eigenvalue weighted by molar-refractivity contribution is 5.73. The minimum Gasteiger partial charge on any atom is -0.481 e. The van der Waals surface area contributed by atoms with Crippen LogP contribution in [0.3, 0.4) is 0 Å². The van der Waals surface area contributed by atoms with Crippen LogP contribution in [0.15, 0.2) is 12.1 Å². The average Bonchev–Trinajstić information content (AvgIpc) is 2.45. The molecule has 0 bridgehead atoms. The van der Waals surface area contributed by atoms with Crippen LogP contribution in [0.5, 0.6) is 0 Å². The normalized spacial score (nSPS) is 11.3. The summed E-state index contributed by atoms with van der Waals surface area (Å²) >= 11 is 0. The Morgan fingerprint density at radius 1 is 1.22 bits per heavy atom. The van der Waals surface area contributed by atoms with Crippen LogP contribution in [0.2, 0.25) is 0 Å². The van der Waals surface area contributed by atoms with E-state index in [-0.39, 0.29) is 10.6 Å². The molecule has 0 aliphatic heterocycles. The number of hydrogen-bond acceptors (Lipinski definition) is 4. The van der Waals surface area contributed by atoms with Crippen LogP contribution in [-0.4, -0.2) is 22.5 Å². The summed E-state index contributed by atoms with van der Waals surface area (Å²) in [5.74, 6) is -0.776. The van der Waals surface area contributed by atoms with Crippen LogP contribution >= 0.6 is 0 Å². The molecule has 0 saturated carbocycles. The van der Waals surface area contributed by atoms with Crippen molar-refractivity contribution in [1.29, 1.82) is 0 Å². The number of nitrogens with one attached hydrogen (secondary N) is 1. The number of carboxylic acids is 1. The minimum atomic E-state index is -0.776. The molecule has 1 aromatic carbocycles.